The Morgan fingerprint density at radius 1 is 1.40 bits per heavy atom. The van der Waals surface area contributed by atoms with Crippen LogP contribution in [0.2, 0.25) is 5.02 Å². The zero-order valence-electron chi connectivity index (χ0n) is 10.9. The van der Waals surface area contributed by atoms with E-state index in [1.54, 1.807) is 24.3 Å². The monoisotopic (exact) mass is 354 g/mol. The summed E-state index contributed by atoms with van der Waals surface area (Å²) < 4.78 is 5.89. The Balaban J connectivity index is 2.27. The summed E-state index contributed by atoms with van der Waals surface area (Å²) in [5.74, 6) is 0.254. The molecule has 1 aromatic carbocycles. The molecule has 0 aliphatic carbocycles. The van der Waals surface area contributed by atoms with E-state index in [0.717, 1.165) is 5.56 Å². The van der Waals surface area contributed by atoms with Gasteiger partial charge in [0.2, 0.25) is 0 Å². The van der Waals surface area contributed by atoms with Crippen LogP contribution in [0.1, 0.15) is 15.9 Å². The number of halogens is 2. The highest BCUT2D eigenvalue weighted by Gasteiger charge is 2.12. The van der Waals surface area contributed by atoms with E-state index in [-0.39, 0.29) is 5.91 Å². The van der Waals surface area contributed by atoms with Crippen molar-refractivity contribution in [3.8, 4) is 5.75 Å². The first-order valence-electron chi connectivity index (χ1n) is 5.78. The molecule has 4 nitrogen and oxygen atoms in total. The van der Waals surface area contributed by atoms with E-state index < -0.39 is 0 Å². The zero-order valence-corrected chi connectivity index (χ0v) is 13.2. The minimum atomic E-state index is -0.259. The van der Waals surface area contributed by atoms with Crippen LogP contribution >= 0.6 is 27.5 Å². The minimum absolute atomic E-state index is 0.259. The van der Waals surface area contributed by atoms with Crippen molar-refractivity contribution in [1.29, 1.82) is 0 Å². The van der Waals surface area contributed by atoms with E-state index in [0.29, 0.717) is 26.6 Å². The lowest BCUT2D eigenvalue weighted by Gasteiger charge is -2.12. The van der Waals surface area contributed by atoms with Crippen LogP contribution in [0.4, 0.5) is 5.69 Å². The number of nitrogens with zero attached hydrogens (tertiary/aromatic N) is 1. The van der Waals surface area contributed by atoms with Crippen LogP contribution in [-0.2, 0) is 0 Å². The van der Waals surface area contributed by atoms with Crippen LogP contribution in [0.3, 0.4) is 0 Å². The maximum Gasteiger partial charge on any atom is 0.257 e. The minimum Gasteiger partial charge on any atom is -0.495 e. The van der Waals surface area contributed by atoms with Gasteiger partial charge in [0.25, 0.3) is 5.91 Å². The van der Waals surface area contributed by atoms with E-state index in [1.807, 2.05) is 6.92 Å². The maximum atomic E-state index is 12.1. The fourth-order valence-corrected chi connectivity index (χ4v) is 2.02. The van der Waals surface area contributed by atoms with Gasteiger partial charge < -0.3 is 10.1 Å². The summed E-state index contributed by atoms with van der Waals surface area (Å²) in [5.41, 5.74) is 1.89. The summed E-state index contributed by atoms with van der Waals surface area (Å²) in [6, 6.07) is 6.83. The Hall–Kier alpha value is -1.59. The molecular formula is C14H12BrClN2O2. The van der Waals surface area contributed by atoms with Crippen molar-refractivity contribution >= 4 is 39.1 Å². The molecule has 0 bridgehead atoms. The molecule has 0 spiro atoms. The molecule has 1 N–H and O–H groups in total. The van der Waals surface area contributed by atoms with Crippen LogP contribution in [0.5, 0.6) is 5.75 Å². The lowest BCUT2D eigenvalue weighted by molar-refractivity contribution is 0.102. The fraction of sp³-hybridized carbons (Fsp3) is 0.143. The van der Waals surface area contributed by atoms with Gasteiger partial charge in [-0.25, -0.2) is 4.98 Å². The highest BCUT2D eigenvalue weighted by atomic mass is 79.9. The standard InChI is InChI=1S/C14H12BrClN2O2/c1-8-5-11(12(20-2)6-10(8)16)18-14(19)9-3-4-13(15)17-7-9/h3-7H,1-2H3,(H,18,19). The van der Waals surface area contributed by atoms with Crippen molar-refractivity contribution in [2.75, 3.05) is 12.4 Å². The number of carbonyl (C=O) groups excluding carboxylic acids is 1. The van der Waals surface area contributed by atoms with Crippen molar-refractivity contribution in [2.45, 2.75) is 6.92 Å². The van der Waals surface area contributed by atoms with Gasteiger partial charge in [-0.2, -0.15) is 0 Å². The van der Waals surface area contributed by atoms with Gasteiger partial charge in [0.15, 0.2) is 0 Å². The topological polar surface area (TPSA) is 51.2 Å². The number of hydrogen-bond acceptors (Lipinski definition) is 3. The second kappa shape index (κ2) is 6.24. The van der Waals surface area contributed by atoms with Crippen molar-refractivity contribution in [2.24, 2.45) is 0 Å². The van der Waals surface area contributed by atoms with Gasteiger partial charge in [-0.3, -0.25) is 4.79 Å². The molecule has 2 rings (SSSR count). The summed E-state index contributed by atoms with van der Waals surface area (Å²) in [4.78, 5) is 16.2. The summed E-state index contributed by atoms with van der Waals surface area (Å²) in [7, 11) is 1.53. The summed E-state index contributed by atoms with van der Waals surface area (Å²) in [5, 5.41) is 3.38. The van der Waals surface area contributed by atoms with Gasteiger partial charge in [0.1, 0.15) is 10.4 Å². The van der Waals surface area contributed by atoms with E-state index in [4.69, 9.17) is 16.3 Å². The molecule has 0 unspecified atom stereocenters. The third kappa shape index (κ3) is 3.29. The van der Waals surface area contributed by atoms with Gasteiger partial charge in [0, 0.05) is 17.3 Å². The average molecular weight is 356 g/mol. The first-order valence-corrected chi connectivity index (χ1v) is 6.95. The highest BCUT2D eigenvalue weighted by Crippen LogP contribution is 2.31. The van der Waals surface area contributed by atoms with Crippen LogP contribution in [0.15, 0.2) is 35.1 Å². The van der Waals surface area contributed by atoms with Crippen LogP contribution in [-0.4, -0.2) is 18.0 Å². The number of aryl methyl sites for hydroxylation is 1. The number of anilines is 1. The van der Waals surface area contributed by atoms with Crippen molar-refractivity contribution in [3.63, 3.8) is 0 Å². The summed E-state index contributed by atoms with van der Waals surface area (Å²) >= 11 is 9.25. The number of benzene rings is 1. The van der Waals surface area contributed by atoms with Crippen molar-refractivity contribution in [1.82, 2.24) is 4.98 Å². The van der Waals surface area contributed by atoms with Crippen LogP contribution < -0.4 is 10.1 Å². The molecule has 1 amide bonds. The molecule has 0 aliphatic heterocycles. The van der Waals surface area contributed by atoms with Crippen molar-refractivity contribution < 1.29 is 9.53 Å². The first kappa shape index (κ1) is 14.8. The molecular weight excluding hydrogens is 344 g/mol. The number of nitrogens with one attached hydrogen (secondary N) is 1. The fourth-order valence-electron chi connectivity index (χ4n) is 1.63. The predicted molar refractivity (Wildman–Crippen MR) is 82.6 cm³/mol. The lowest BCUT2D eigenvalue weighted by atomic mass is 10.2. The largest absolute Gasteiger partial charge is 0.495 e. The third-order valence-electron chi connectivity index (χ3n) is 2.72. The maximum absolute atomic E-state index is 12.1. The highest BCUT2D eigenvalue weighted by molar-refractivity contribution is 9.10. The molecule has 6 heteroatoms. The Bertz CT molecular complexity index is 644. The Kier molecular flexibility index (Phi) is 4.62. The van der Waals surface area contributed by atoms with Gasteiger partial charge >= 0.3 is 0 Å². The number of hydrogen-bond donors (Lipinski definition) is 1. The van der Waals surface area contributed by atoms with Gasteiger partial charge in [-0.1, -0.05) is 11.6 Å². The summed E-state index contributed by atoms with van der Waals surface area (Å²) in [6.07, 6.45) is 1.49. The Morgan fingerprint density at radius 2 is 2.15 bits per heavy atom. The molecule has 0 atom stereocenters. The molecule has 0 aliphatic rings. The molecule has 1 aromatic heterocycles. The van der Waals surface area contributed by atoms with E-state index >= 15 is 0 Å². The third-order valence-corrected chi connectivity index (χ3v) is 3.59. The van der Waals surface area contributed by atoms with Gasteiger partial charge in [-0.15, -0.1) is 0 Å². The molecule has 0 fully saturated rings. The Labute approximate surface area is 130 Å². The quantitative estimate of drug-likeness (QED) is 0.845. The normalized spacial score (nSPS) is 10.2. The molecule has 0 saturated heterocycles. The Morgan fingerprint density at radius 3 is 2.75 bits per heavy atom. The van der Waals surface area contributed by atoms with E-state index in [1.165, 1.54) is 13.3 Å². The average Bonchev–Trinajstić information content (AvgIpc) is 2.43. The second-order valence-corrected chi connectivity index (χ2v) is 5.35. The molecule has 20 heavy (non-hydrogen) atoms. The SMILES string of the molecule is COc1cc(Cl)c(C)cc1NC(=O)c1ccc(Br)nc1. The number of ether oxygens (including phenoxy) is 1. The number of aromatic nitrogens is 1. The lowest BCUT2D eigenvalue weighted by Crippen LogP contribution is -2.13. The molecule has 2 aromatic rings. The number of carbonyl (C=O) groups is 1. The predicted octanol–water partition coefficient (Wildman–Crippen LogP) is 4.07. The van der Waals surface area contributed by atoms with Crippen LogP contribution in [0.25, 0.3) is 0 Å². The first-order chi connectivity index (χ1) is 9.51. The second-order valence-electron chi connectivity index (χ2n) is 4.13. The molecule has 1 heterocycles. The number of methoxy groups -OCH3 is 1. The van der Waals surface area contributed by atoms with E-state index in [9.17, 15) is 4.79 Å². The number of pyridine rings is 1. The molecule has 104 valence electrons. The smallest absolute Gasteiger partial charge is 0.257 e. The molecule has 0 radical (unpaired) electrons. The number of rotatable bonds is 3. The van der Waals surface area contributed by atoms with Gasteiger partial charge in [0.05, 0.1) is 18.4 Å². The van der Waals surface area contributed by atoms with Gasteiger partial charge in [-0.05, 0) is 46.6 Å². The number of amides is 1. The van der Waals surface area contributed by atoms with E-state index in [2.05, 4.69) is 26.2 Å². The van der Waals surface area contributed by atoms with Crippen LogP contribution in [0, 0.1) is 6.92 Å². The molecule has 0 saturated carbocycles. The van der Waals surface area contributed by atoms with Crippen molar-refractivity contribution in [3.05, 3.63) is 51.2 Å². The summed E-state index contributed by atoms with van der Waals surface area (Å²) in [6.45, 7) is 1.86. The zero-order chi connectivity index (χ0) is 14.7.